The van der Waals surface area contributed by atoms with Crippen molar-refractivity contribution in [2.24, 2.45) is 0 Å². The molecule has 0 aliphatic carbocycles. The van der Waals surface area contributed by atoms with Gasteiger partial charge in [-0.25, -0.2) is 0 Å². The number of rotatable bonds is 7. The second kappa shape index (κ2) is 10.2. The van der Waals surface area contributed by atoms with Crippen LogP contribution >= 0.6 is 11.3 Å². The normalized spacial score (nSPS) is 14.4. The standard InChI is InChI=1S/C26H30N2O3S/c1-19-5-4-6-20(2)25(19)31-17-22-15-24(32-18-22)26(29)28-13-11-27(12-14-28)16-21-7-9-23(30-3)10-8-21/h4-10,15,18H,11-14,16-17H2,1-3H3. The summed E-state index contributed by atoms with van der Waals surface area (Å²) in [6.45, 7) is 8.74. The number of benzene rings is 2. The molecular formula is C26H30N2O3S. The Hall–Kier alpha value is -2.83. The molecular weight excluding hydrogens is 420 g/mol. The molecule has 0 spiro atoms. The summed E-state index contributed by atoms with van der Waals surface area (Å²) in [5.74, 6) is 1.93. The smallest absolute Gasteiger partial charge is 0.264 e. The number of thiophene rings is 1. The Morgan fingerprint density at radius 3 is 2.31 bits per heavy atom. The molecule has 32 heavy (non-hydrogen) atoms. The van der Waals surface area contributed by atoms with Gasteiger partial charge < -0.3 is 14.4 Å². The number of ether oxygens (including phenoxy) is 2. The number of carbonyl (C=O) groups is 1. The minimum atomic E-state index is 0.123. The molecule has 0 radical (unpaired) electrons. The molecule has 5 nitrogen and oxygen atoms in total. The molecule has 1 aliphatic rings. The number of aryl methyl sites for hydroxylation is 2. The third-order valence-electron chi connectivity index (χ3n) is 5.88. The average Bonchev–Trinajstić information content (AvgIpc) is 3.28. The first kappa shape index (κ1) is 22.4. The van der Waals surface area contributed by atoms with E-state index in [0.29, 0.717) is 6.61 Å². The number of hydrogen-bond donors (Lipinski definition) is 0. The fourth-order valence-electron chi connectivity index (χ4n) is 4.00. The topological polar surface area (TPSA) is 42.0 Å². The minimum absolute atomic E-state index is 0.123. The quantitative estimate of drug-likeness (QED) is 0.513. The van der Waals surface area contributed by atoms with Gasteiger partial charge in [0.1, 0.15) is 18.1 Å². The molecule has 3 aromatic rings. The van der Waals surface area contributed by atoms with Gasteiger partial charge in [0, 0.05) is 38.3 Å². The van der Waals surface area contributed by atoms with E-state index in [1.807, 2.05) is 34.5 Å². The summed E-state index contributed by atoms with van der Waals surface area (Å²) in [6, 6.07) is 16.3. The van der Waals surface area contributed by atoms with Crippen LogP contribution in [0.1, 0.15) is 31.9 Å². The summed E-state index contributed by atoms with van der Waals surface area (Å²) in [4.78, 5) is 18.1. The van der Waals surface area contributed by atoms with Crippen molar-refractivity contribution in [2.45, 2.75) is 27.0 Å². The van der Waals surface area contributed by atoms with Crippen LogP contribution in [0.15, 0.2) is 53.9 Å². The van der Waals surface area contributed by atoms with E-state index in [-0.39, 0.29) is 5.91 Å². The molecule has 0 bridgehead atoms. The number of para-hydroxylation sites is 1. The molecule has 1 aliphatic heterocycles. The Bertz CT molecular complexity index is 1030. The van der Waals surface area contributed by atoms with E-state index in [1.165, 1.54) is 16.9 Å². The highest BCUT2D eigenvalue weighted by Gasteiger charge is 2.23. The van der Waals surface area contributed by atoms with Crippen LogP contribution in [-0.4, -0.2) is 49.0 Å². The largest absolute Gasteiger partial charge is 0.497 e. The van der Waals surface area contributed by atoms with Crippen LogP contribution in [0.2, 0.25) is 0 Å². The summed E-state index contributed by atoms with van der Waals surface area (Å²) in [5.41, 5.74) is 4.56. The van der Waals surface area contributed by atoms with Gasteiger partial charge in [-0.15, -0.1) is 11.3 Å². The lowest BCUT2D eigenvalue weighted by Gasteiger charge is -2.34. The van der Waals surface area contributed by atoms with Crippen molar-refractivity contribution in [3.05, 3.63) is 81.0 Å². The average molecular weight is 451 g/mol. The molecule has 2 heterocycles. The second-order valence-electron chi connectivity index (χ2n) is 8.25. The van der Waals surface area contributed by atoms with Crippen molar-refractivity contribution in [3.63, 3.8) is 0 Å². The number of amides is 1. The molecule has 0 atom stereocenters. The lowest BCUT2D eigenvalue weighted by Crippen LogP contribution is -2.48. The van der Waals surface area contributed by atoms with Gasteiger partial charge in [-0.3, -0.25) is 9.69 Å². The van der Waals surface area contributed by atoms with E-state index in [1.54, 1.807) is 7.11 Å². The summed E-state index contributed by atoms with van der Waals surface area (Å²) < 4.78 is 11.3. The van der Waals surface area contributed by atoms with E-state index in [2.05, 4.69) is 43.0 Å². The van der Waals surface area contributed by atoms with Crippen LogP contribution in [0.25, 0.3) is 0 Å². The SMILES string of the molecule is COc1ccc(CN2CCN(C(=O)c3cc(COc4c(C)cccc4C)cs3)CC2)cc1. The number of carbonyl (C=O) groups excluding carboxylic acids is 1. The van der Waals surface area contributed by atoms with Gasteiger partial charge in [0.25, 0.3) is 5.91 Å². The van der Waals surface area contributed by atoms with Crippen molar-refractivity contribution in [2.75, 3.05) is 33.3 Å². The van der Waals surface area contributed by atoms with Crippen molar-refractivity contribution >= 4 is 17.2 Å². The second-order valence-corrected chi connectivity index (χ2v) is 9.16. The molecule has 0 saturated carbocycles. The maximum absolute atomic E-state index is 13.0. The molecule has 0 unspecified atom stereocenters. The van der Waals surface area contributed by atoms with Crippen molar-refractivity contribution in [3.8, 4) is 11.5 Å². The Labute approximate surface area is 194 Å². The molecule has 6 heteroatoms. The monoisotopic (exact) mass is 450 g/mol. The van der Waals surface area contributed by atoms with E-state index in [9.17, 15) is 4.79 Å². The molecule has 1 saturated heterocycles. The van der Waals surface area contributed by atoms with Crippen molar-refractivity contribution in [1.82, 2.24) is 9.80 Å². The summed E-state index contributed by atoms with van der Waals surface area (Å²) in [6.07, 6.45) is 0. The van der Waals surface area contributed by atoms with Crippen LogP contribution < -0.4 is 9.47 Å². The van der Waals surface area contributed by atoms with E-state index < -0.39 is 0 Å². The zero-order chi connectivity index (χ0) is 22.5. The summed E-state index contributed by atoms with van der Waals surface area (Å²) >= 11 is 1.51. The van der Waals surface area contributed by atoms with Crippen LogP contribution in [0, 0.1) is 13.8 Å². The molecule has 1 fully saturated rings. The lowest BCUT2D eigenvalue weighted by atomic mass is 10.1. The zero-order valence-electron chi connectivity index (χ0n) is 19.0. The molecule has 2 aromatic carbocycles. The Morgan fingerprint density at radius 1 is 0.969 bits per heavy atom. The molecule has 168 valence electrons. The van der Waals surface area contributed by atoms with Gasteiger partial charge in [0.2, 0.25) is 0 Å². The van der Waals surface area contributed by atoms with E-state index in [4.69, 9.17) is 9.47 Å². The van der Waals surface area contributed by atoms with Gasteiger partial charge in [-0.1, -0.05) is 30.3 Å². The Kier molecular flexibility index (Phi) is 7.12. The highest BCUT2D eigenvalue weighted by atomic mass is 32.1. The van der Waals surface area contributed by atoms with Crippen LogP contribution in [-0.2, 0) is 13.2 Å². The molecule has 4 rings (SSSR count). The maximum atomic E-state index is 13.0. The van der Waals surface area contributed by atoms with Crippen molar-refractivity contribution < 1.29 is 14.3 Å². The summed E-state index contributed by atoms with van der Waals surface area (Å²) in [5, 5.41) is 2.03. The molecule has 0 N–H and O–H groups in total. The van der Waals surface area contributed by atoms with Crippen LogP contribution in [0.3, 0.4) is 0 Å². The Morgan fingerprint density at radius 2 is 1.66 bits per heavy atom. The highest BCUT2D eigenvalue weighted by molar-refractivity contribution is 7.12. The minimum Gasteiger partial charge on any atom is -0.497 e. The van der Waals surface area contributed by atoms with E-state index in [0.717, 1.165) is 65.8 Å². The third-order valence-corrected chi connectivity index (χ3v) is 6.85. The predicted octanol–water partition coefficient (Wildman–Crippen LogP) is 4.91. The Balaban J connectivity index is 1.28. The molecule has 1 aromatic heterocycles. The predicted molar refractivity (Wildman–Crippen MR) is 129 cm³/mol. The van der Waals surface area contributed by atoms with Gasteiger partial charge in [0.15, 0.2) is 0 Å². The van der Waals surface area contributed by atoms with Crippen LogP contribution in [0.5, 0.6) is 11.5 Å². The number of piperazine rings is 1. The first-order chi connectivity index (χ1) is 15.5. The lowest BCUT2D eigenvalue weighted by molar-refractivity contribution is 0.0633. The highest BCUT2D eigenvalue weighted by Crippen LogP contribution is 2.25. The van der Waals surface area contributed by atoms with Gasteiger partial charge >= 0.3 is 0 Å². The third kappa shape index (κ3) is 5.31. The first-order valence-corrected chi connectivity index (χ1v) is 11.8. The maximum Gasteiger partial charge on any atom is 0.264 e. The fourth-order valence-corrected chi connectivity index (χ4v) is 4.86. The fraction of sp³-hybridized carbons (Fsp3) is 0.346. The van der Waals surface area contributed by atoms with E-state index >= 15 is 0 Å². The van der Waals surface area contributed by atoms with Gasteiger partial charge in [-0.2, -0.15) is 0 Å². The van der Waals surface area contributed by atoms with Crippen molar-refractivity contribution in [1.29, 1.82) is 0 Å². The molecule has 1 amide bonds. The van der Waals surface area contributed by atoms with Gasteiger partial charge in [-0.05, 0) is 54.1 Å². The zero-order valence-corrected chi connectivity index (χ0v) is 19.8. The number of nitrogens with zero attached hydrogens (tertiary/aromatic N) is 2. The van der Waals surface area contributed by atoms with Gasteiger partial charge in [0.05, 0.1) is 12.0 Å². The number of hydrogen-bond acceptors (Lipinski definition) is 5. The summed E-state index contributed by atoms with van der Waals surface area (Å²) in [7, 11) is 1.68. The van der Waals surface area contributed by atoms with Crippen LogP contribution in [0.4, 0.5) is 0 Å². The first-order valence-electron chi connectivity index (χ1n) is 10.9. The number of methoxy groups -OCH3 is 1.